The largest absolute Gasteiger partial charge is 0.497 e. The summed E-state index contributed by atoms with van der Waals surface area (Å²) in [5.41, 5.74) is 1.23. The van der Waals surface area contributed by atoms with E-state index in [0.29, 0.717) is 25.6 Å². The quantitative estimate of drug-likeness (QED) is 0.848. The molecule has 0 aromatic heterocycles. The number of carbonyl (C=O) groups excluding carboxylic acids is 2. The predicted molar refractivity (Wildman–Crippen MR) is 89.1 cm³/mol. The van der Waals surface area contributed by atoms with Crippen LogP contribution in [0.1, 0.15) is 30.7 Å². The minimum atomic E-state index is -0.384. The van der Waals surface area contributed by atoms with Crippen molar-refractivity contribution in [1.82, 2.24) is 9.80 Å². The number of nitrogens with zero attached hydrogens (tertiary/aromatic N) is 2. The maximum absolute atomic E-state index is 12.6. The summed E-state index contributed by atoms with van der Waals surface area (Å²) >= 11 is 0. The molecule has 0 radical (unpaired) electrons. The first kappa shape index (κ1) is 16.6. The third kappa shape index (κ3) is 3.80. The highest BCUT2D eigenvalue weighted by Gasteiger charge is 2.28. The number of hydrogen-bond acceptors (Lipinski definition) is 4. The molecule has 0 unspecified atom stereocenters. The second-order valence-corrected chi connectivity index (χ2v) is 6.34. The van der Waals surface area contributed by atoms with Gasteiger partial charge in [0.2, 0.25) is 5.91 Å². The van der Waals surface area contributed by atoms with Gasteiger partial charge in [-0.15, -0.1) is 0 Å². The molecule has 0 spiro atoms. The molecular formula is C18H24N2O4. The fraction of sp³-hybridized carbons (Fsp3) is 0.556. The third-order valence-electron chi connectivity index (χ3n) is 4.78. The van der Waals surface area contributed by atoms with E-state index in [9.17, 15) is 9.59 Å². The first-order valence-corrected chi connectivity index (χ1v) is 8.51. The Labute approximate surface area is 142 Å². The number of methoxy groups -OCH3 is 1. The van der Waals surface area contributed by atoms with Crippen LogP contribution in [0.25, 0.3) is 0 Å². The van der Waals surface area contributed by atoms with Gasteiger partial charge in [-0.2, -0.15) is 0 Å². The molecule has 1 atom stereocenters. The van der Waals surface area contributed by atoms with E-state index in [1.807, 2.05) is 17.0 Å². The lowest BCUT2D eigenvalue weighted by Gasteiger charge is -2.26. The fourth-order valence-electron chi connectivity index (χ4n) is 3.35. The van der Waals surface area contributed by atoms with Crippen LogP contribution in [0, 0.1) is 0 Å². The molecule has 0 bridgehead atoms. The zero-order valence-electron chi connectivity index (χ0n) is 14.1. The van der Waals surface area contributed by atoms with Crippen molar-refractivity contribution in [3.8, 4) is 5.75 Å². The Morgan fingerprint density at radius 3 is 2.71 bits per heavy atom. The first-order valence-electron chi connectivity index (χ1n) is 8.51. The van der Waals surface area contributed by atoms with Crippen molar-refractivity contribution in [2.24, 2.45) is 0 Å². The average Bonchev–Trinajstić information content (AvgIpc) is 2.87. The number of rotatable bonds is 4. The topological polar surface area (TPSA) is 59.1 Å². The van der Waals surface area contributed by atoms with Crippen LogP contribution in [0.4, 0.5) is 4.79 Å². The van der Waals surface area contributed by atoms with E-state index in [-0.39, 0.29) is 18.5 Å². The minimum Gasteiger partial charge on any atom is -0.497 e. The molecule has 2 heterocycles. The molecule has 2 aliphatic heterocycles. The molecule has 6 heteroatoms. The second-order valence-electron chi connectivity index (χ2n) is 6.34. The number of carbonyl (C=O) groups is 2. The molecule has 24 heavy (non-hydrogen) atoms. The maximum atomic E-state index is 12.6. The summed E-state index contributed by atoms with van der Waals surface area (Å²) < 4.78 is 10.1. The molecule has 0 aliphatic carbocycles. The highest BCUT2D eigenvalue weighted by atomic mass is 16.6. The van der Waals surface area contributed by atoms with Crippen LogP contribution in [-0.4, -0.2) is 61.7 Å². The lowest BCUT2D eigenvalue weighted by Crippen LogP contribution is -2.42. The molecule has 130 valence electrons. The normalized spacial score (nSPS) is 21.4. The zero-order chi connectivity index (χ0) is 16.9. The van der Waals surface area contributed by atoms with Gasteiger partial charge in [-0.3, -0.25) is 9.69 Å². The van der Waals surface area contributed by atoms with Gasteiger partial charge < -0.3 is 14.4 Å². The highest BCUT2D eigenvalue weighted by molar-refractivity contribution is 5.83. The Balaban J connectivity index is 1.65. The van der Waals surface area contributed by atoms with Gasteiger partial charge in [0.25, 0.3) is 0 Å². The van der Waals surface area contributed by atoms with Gasteiger partial charge in [0.05, 0.1) is 13.7 Å². The van der Waals surface area contributed by atoms with Crippen molar-refractivity contribution in [3.63, 3.8) is 0 Å². The van der Waals surface area contributed by atoms with Crippen molar-refractivity contribution >= 4 is 12.0 Å². The Bertz CT molecular complexity index is 587. The summed E-state index contributed by atoms with van der Waals surface area (Å²) in [4.78, 5) is 27.5. The highest BCUT2D eigenvalue weighted by Crippen LogP contribution is 2.28. The van der Waals surface area contributed by atoms with Crippen molar-refractivity contribution < 1.29 is 19.1 Å². The molecule has 2 amide bonds. The summed E-state index contributed by atoms with van der Waals surface area (Å²) in [7, 11) is 1.66. The van der Waals surface area contributed by atoms with Crippen LogP contribution in [0.2, 0.25) is 0 Å². The maximum Gasteiger partial charge on any atom is 0.410 e. The van der Waals surface area contributed by atoms with Crippen molar-refractivity contribution in [3.05, 3.63) is 29.8 Å². The summed E-state index contributed by atoms with van der Waals surface area (Å²) in [5.74, 6) is 1.18. The average molecular weight is 332 g/mol. The Morgan fingerprint density at radius 1 is 1.25 bits per heavy atom. The zero-order valence-corrected chi connectivity index (χ0v) is 14.1. The van der Waals surface area contributed by atoms with E-state index in [1.54, 1.807) is 7.11 Å². The molecule has 2 fully saturated rings. The first-order chi connectivity index (χ1) is 11.7. The molecular weight excluding hydrogens is 308 g/mol. The SMILES string of the molecule is COc1ccc([C@H]2CCCCN(C(=O)CN3CCOC3=O)C2)cc1. The number of hydrogen-bond donors (Lipinski definition) is 0. The van der Waals surface area contributed by atoms with Crippen LogP contribution in [0.15, 0.2) is 24.3 Å². The molecule has 3 rings (SSSR count). The number of benzene rings is 1. The van der Waals surface area contributed by atoms with Crippen LogP contribution < -0.4 is 4.74 Å². The minimum absolute atomic E-state index is 0.00858. The summed E-state index contributed by atoms with van der Waals surface area (Å²) in [6.07, 6.45) is 2.79. The van der Waals surface area contributed by atoms with E-state index in [0.717, 1.165) is 31.6 Å². The predicted octanol–water partition coefficient (Wildman–Crippen LogP) is 2.24. The van der Waals surface area contributed by atoms with Gasteiger partial charge in [0.1, 0.15) is 18.9 Å². The standard InChI is InChI=1S/C18H24N2O4/c1-23-16-7-5-14(6-8-16)15-4-2-3-9-19(12-15)17(21)13-20-10-11-24-18(20)22/h5-8,15H,2-4,9-13H2,1H3/t15-/m0/s1. The van der Waals surface area contributed by atoms with E-state index >= 15 is 0 Å². The van der Waals surface area contributed by atoms with Crippen LogP contribution in [0.3, 0.4) is 0 Å². The number of amides is 2. The van der Waals surface area contributed by atoms with E-state index in [2.05, 4.69) is 12.1 Å². The molecule has 0 saturated carbocycles. The summed E-state index contributed by atoms with van der Waals surface area (Å²) in [6, 6.07) is 8.09. The Hall–Kier alpha value is -2.24. The molecule has 1 aromatic rings. The van der Waals surface area contributed by atoms with Crippen molar-refractivity contribution in [1.29, 1.82) is 0 Å². The second kappa shape index (κ2) is 7.55. The smallest absolute Gasteiger partial charge is 0.410 e. The Kier molecular flexibility index (Phi) is 5.23. The van der Waals surface area contributed by atoms with Crippen LogP contribution in [-0.2, 0) is 9.53 Å². The van der Waals surface area contributed by atoms with Gasteiger partial charge in [0.15, 0.2) is 0 Å². The van der Waals surface area contributed by atoms with Gasteiger partial charge in [-0.1, -0.05) is 18.6 Å². The molecule has 2 aliphatic rings. The van der Waals surface area contributed by atoms with Crippen LogP contribution >= 0.6 is 0 Å². The number of ether oxygens (including phenoxy) is 2. The van der Waals surface area contributed by atoms with E-state index < -0.39 is 0 Å². The molecule has 6 nitrogen and oxygen atoms in total. The number of cyclic esters (lactones) is 1. The fourth-order valence-corrected chi connectivity index (χ4v) is 3.35. The molecule has 0 N–H and O–H groups in total. The molecule has 1 aromatic carbocycles. The van der Waals surface area contributed by atoms with Gasteiger partial charge in [-0.05, 0) is 30.5 Å². The van der Waals surface area contributed by atoms with Gasteiger partial charge in [-0.25, -0.2) is 4.79 Å². The van der Waals surface area contributed by atoms with E-state index in [1.165, 1.54) is 10.5 Å². The van der Waals surface area contributed by atoms with Crippen molar-refractivity contribution in [2.75, 3.05) is 39.9 Å². The Morgan fingerprint density at radius 2 is 2.04 bits per heavy atom. The van der Waals surface area contributed by atoms with Gasteiger partial charge in [0, 0.05) is 19.0 Å². The third-order valence-corrected chi connectivity index (χ3v) is 4.78. The van der Waals surface area contributed by atoms with Crippen molar-refractivity contribution in [2.45, 2.75) is 25.2 Å². The summed E-state index contributed by atoms with van der Waals surface area (Å²) in [5, 5.41) is 0. The van der Waals surface area contributed by atoms with E-state index in [4.69, 9.17) is 9.47 Å². The van der Waals surface area contributed by atoms with Crippen LogP contribution in [0.5, 0.6) is 5.75 Å². The van der Waals surface area contributed by atoms with Gasteiger partial charge >= 0.3 is 6.09 Å². The molecule has 2 saturated heterocycles. The lowest BCUT2D eigenvalue weighted by molar-refractivity contribution is -0.131. The lowest BCUT2D eigenvalue weighted by atomic mass is 9.94. The monoisotopic (exact) mass is 332 g/mol. The number of likely N-dealkylation sites (tertiary alicyclic amines) is 1. The summed E-state index contributed by atoms with van der Waals surface area (Å²) in [6.45, 7) is 2.46.